The number of aromatic nitrogens is 5. The molecule has 0 amide bonds. The van der Waals surface area contributed by atoms with Gasteiger partial charge >= 0.3 is 0 Å². The molecule has 1 aliphatic rings. The van der Waals surface area contributed by atoms with Gasteiger partial charge in [0, 0.05) is 27.7 Å². The van der Waals surface area contributed by atoms with Crippen LogP contribution in [0.5, 0.6) is 0 Å². The number of hydrogen-bond acceptors (Lipinski definition) is 2. The van der Waals surface area contributed by atoms with Crippen molar-refractivity contribution in [3.8, 4) is 28.6 Å². The smallest absolute Gasteiger partial charge is 0.235 e. The van der Waals surface area contributed by atoms with Crippen molar-refractivity contribution in [2.24, 2.45) is 0 Å². The van der Waals surface area contributed by atoms with Crippen molar-refractivity contribution < 1.29 is 0 Å². The second-order valence-corrected chi connectivity index (χ2v) is 17.5. The molecule has 0 saturated heterocycles. The lowest BCUT2D eigenvalue weighted by atomic mass is 9.86. The van der Waals surface area contributed by atoms with Gasteiger partial charge in [-0.3, -0.25) is 4.57 Å². The van der Waals surface area contributed by atoms with Crippen molar-refractivity contribution in [2.45, 2.75) is 65.2 Å². The lowest BCUT2D eigenvalue weighted by Gasteiger charge is -2.19. The van der Waals surface area contributed by atoms with Gasteiger partial charge in [0.15, 0.2) is 0 Å². The molecule has 0 unspecified atom stereocenters. The first-order valence-electron chi connectivity index (χ1n) is 20.2. The number of rotatable bonds is 5. The second kappa shape index (κ2) is 13.1. The maximum absolute atomic E-state index is 5.52. The summed E-state index contributed by atoms with van der Waals surface area (Å²) in [4.78, 5) is 11.0. The standard InChI is InChI=1S/C52H47N5/c1-51(2,3)36-27-29-44-40(31-36)46-48(55(44)38-23-15-9-16-24-38)49-47(56(46)39-25-17-10-18-26-39)41-32-37(52(4,5)6)28-30-45(41)57(49)50-53-42(34-19-11-7-12-20-34)33-43(54-50)35-21-13-8-14-22-35/h7-13,15-21,23-33H,14,22H2,1-6H3. The molecule has 4 heterocycles. The molecule has 9 aromatic rings. The van der Waals surface area contributed by atoms with Gasteiger partial charge in [-0.2, -0.15) is 0 Å². The van der Waals surface area contributed by atoms with E-state index < -0.39 is 0 Å². The van der Waals surface area contributed by atoms with Gasteiger partial charge in [0.25, 0.3) is 0 Å². The summed E-state index contributed by atoms with van der Waals surface area (Å²) in [5.41, 5.74) is 15.6. The van der Waals surface area contributed by atoms with E-state index in [-0.39, 0.29) is 10.8 Å². The Bertz CT molecular complexity index is 3050. The molecular formula is C52H47N5. The normalized spacial score (nSPS) is 13.7. The zero-order valence-electron chi connectivity index (χ0n) is 33.6. The third-order valence-corrected chi connectivity index (χ3v) is 11.6. The largest absolute Gasteiger partial charge is 0.306 e. The molecule has 5 nitrogen and oxygen atoms in total. The summed E-state index contributed by atoms with van der Waals surface area (Å²) < 4.78 is 7.34. The first-order valence-corrected chi connectivity index (χ1v) is 20.2. The number of allylic oxidation sites excluding steroid dienone is 4. The molecule has 0 saturated carbocycles. The third kappa shape index (κ3) is 5.75. The molecule has 0 fully saturated rings. The SMILES string of the molecule is CC(C)(C)c1ccc2c(c1)c1c(c3c(c4cc(C(C)(C)C)ccc4n3-c3nc(C4=CC=CCC4)cc(-c4ccccc4)n3)n1-c1ccccc1)n2-c1ccccc1. The predicted molar refractivity (Wildman–Crippen MR) is 239 cm³/mol. The molecule has 57 heavy (non-hydrogen) atoms. The highest BCUT2D eigenvalue weighted by Crippen LogP contribution is 2.47. The maximum atomic E-state index is 5.52. The summed E-state index contributed by atoms with van der Waals surface area (Å²) in [5.74, 6) is 0.665. The van der Waals surface area contributed by atoms with Crippen LogP contribution in [0.15, 0.2) is 152 Å². The van der Waals surface area contributed by atoms with Crippen LogP contribution in [0, 0.1) is 0 Å². The van der Waals surface area contributed by atoms with Crippen LogP contribution in [0.4, 0.5) is 0 Å². The van der Waals surface area contributed by atoms with Crippen LogP contribution in [-0.4, -0.2) is 23.7 Å². The summed E-state index contributed by atoms with van der Waals surface area (Å²) in [5, 5.41) is 2.39. The molecule has 4 aromatic heterocycles. The highest BCUT2D eigenvalue weighted by molar-refractivity contribution is 6.25. The van der Waals surface area contributed by atoms with Gasteiger partial charge in [0.2, 0.25) is 5.95 Å². The number of fused-ring (bicyclic) bond motifs is 7. The van der Waals surface area contributed by atoms with Crippen molar-refractivity contribution in [1.29, 1.82) is 0 Å². The minimum atomic E-state index is -0.0579. The Morgan fingerprint density at radius 3 is 1.54 bits per heavy atom. The molecule has 0 N–H and O–H groups in total. The minimum Gasteiger partial charge on any atom is -0.306 e. The lowest BCUT2D eigenvalue weighted by molar-refractivity contribution is 0.591. The molecule has 280 valence electrons. The van der Waals surface area contributed by atoms with E-state index in [1.54, 1.807) is 0 Å². The van der Waals surface area contributed by atoms with Crippen LogP contribution in [0.25, 0.3) is 78.0 Å². The zero-order valence-corrected chi connectivity index (χ0v) is 33.6. The van der Waals surface area contributed by atoms with Crippen LogP contribution in [0.3, 0.4) is 0 Å². The molecule has 0 bridgehead atoms. The molecular weight excluding hydrogens is 695 g/mol. The summed E-state index contributed by atoms with van der Waals surface area (Å²) in [7, 11) is 0. The number of nitrogens with zero attached hydrogens (tertiary/aromatic N) is 5. The Hall–Kier alpha value is -6.46. The Morgan fingerprint density at radius 2 is 1.00 bits per heavy atom. The topological polar surface area (TPSA) is 40.6 Å². The summed E-state index contributed by atoms with van der Waals surface area (Å²) >= 11 is 0. The molecule has 0 radical (unpaired) electrons. The van der Waals surface area contributed by atoms with E-state index >= 15 is 0 Å². The van der Waals surface area contributed by atoms with Gasteiger partial charge < -0.3 is 9.13 Å². The highest BCUT2D eigenvalue weighted by Gasteiger charge is 2.31. The first kappa shape index (κ1) is 35.0. The first-order chi connectivity index (χ1) is 27.6. The Kier molecular flexibility index (Phi) is 8.02. The molecule has 5 aromatic carbocycles. The van der Waals surface area contributed by atoms with E-state index in [4.69, 9.17) is 9.97 Å². The minimum absolute atomic E-state index is 0.0341. The second-order valence-electron chi connectivity index (χ2n) is 17.5. The molecule has 10 rings (SSSR count). The van der Waals surface area contributed by atoms with E-state index in [9.17, 15) is 0 Å². The van der Waals surface area contributed by atoms with Gasteiger partial charge in [-0.25, -0.2) is 9.97 Å². The number of para-hydroxylation sites is 2. The van der Waals surface area contributed by atoms with Gasteiger partial charge in [-0.05, 0) is 95.0 Å². The summed E-state index contributed by atoms with van der Waals surface area (Å²) in [6.07, 6.45) is 8.54. The maximum Gasteiger partial charge on any atom is 0.235 e. The van der Waals surface area contributed by atoms with Crippen LogP contribution in [0.2, 0.25) is 0 Å². The molecule has 0 aliphatic heterocycles. The van der Waals surface area contributed by atoms with Crippen LogP contribution >= 0.6 is 0 Å². The average Bonchev–Trinajstić information content (AvgIpc) is 3.86. The molecule has 0 spiro atoms. The van der Waals surface area contributed by atoms with Crippen LogP contribution in [0.1, 0.15) is 71.2 Å². The van der Waals surface area contributed by atoms with E-state index in [2.05, 4.69) is 207 Å². The van der Waals surface area contributed by atoms with Gasteiger partial charge in [-0.1, -0.05) is 139 Å². The summed E-state index contributed by atoms with van der Waals surface area (Å²) in [6.45, 7) is 13.8. The fourth-order valence-corrected chi connectivity index (χ4v) is 8.64. The van der Waals surface area contributed by atoms with Gasteiger partial charge in [0.05, 0.1) is 39.0 Å². The Balaban J connectivity index is 1.46. The highest BCUT2D eigenvalue weighted by atomic mass is 15.2. The van der Waals surface area contributed by atoms with Crippen molar-refractivity contribution in [2.75, 3.05) is 0 Å². The molecule has 5 heteroatoms. The predicted octanol–water partition coefficient (Wildman–Crippen LogP) is 13.5. The Morgan fingerprint density at radius 1 is 0.491 bits per heavy atom. The van der Waals surface area contributed by atoms with Crippen LogP contribution < -0.4 is 0 Å². The Labute approximate surface area is 334 Å². The fourth-order valence-electron chi connectivity index (χ4n) is 8.64. The average molecular weight is 742 g/mol. The van der Waals surface area contributed by atoms with E-state index in [1.165, 1.54) is 33.0 Å². The zero-order chi connectivity index (χ0) is 39.1. The molecule has 0 atom stereocenters. The third-order valence-electron chi connectivity index (χ3n) is 11.6. The van der Waals surface area contributed by atoms with Crippen molar-refractivity contribution >= 4 is 49.4 Å². The van der Waals surface area contributed by atoms with Crippen molar-refractivity contribution in [3.05, 3.63) is 169 Å². The number of hydrogen-bond donors (Lipinski definition) is 0. The fraction of sp³-hybridized carbons (Fsp3) is 0.192. The van der Waals surface area contributed by atoms with E-state index in [1.807, 2.05) is 0 Å². The summed E-state index contributed by atoms with van der Waals surface area (Å²) in [6, 6.07) is 48.5. The van der Waals surface area contributed by atoms with E-state index in [0.717, 1.165) is 68.8 Å². The number of benzene rings is 5. The van der Waals surface area contributed by atoms with Gasteiger partial charge in [-0.15, -0.1) is 0 Å². The monoisotopic (exact) mass is 741 g/mol. The van der Waals surface area contributed by atoms with E-state index in [0.29, 0.717) is 5.95 Å². The van der Waals surface area contributed by atoms with Crippen molar-refractivity contribution in [1.82, 2.24) is 23.7 Å². The van der Waals surface area contributed by atoms with Crippen molar-refractivity contribution in [3.63, 3.8) is 0 Å². The lowest BCUT2D eigenvalue weighted by Crippen LogP contribution is -2.11. The molecule has 1 aliphatic carbocycles. The van der Waals surface area contributed by atoms with Gasteiger partial charge in [0.1, 0.15) is 5.52 Å². The quantitative estimate of drug-likeness (QED) is 0.176. The van der Waals surface area contributed by atoms with Crippen LogP contribution in [-0.2, 0) is 10.8 Å².